The number of furan rings is 1. The van der Waals surface area contributed by atoms with Crippen LogP contribution in [0.2, 0.25) is 0 Å². The third kappa shape index (κ3) is 5.12. The lowest BCUT2D eigenvalue weighted by molar-refractivity contribution is 0.100. The molecule has 0 amide bonds. The van der Waals surface area contributed by atoms with E-state index >= 15 is 0 Å². The molecule has 2 aromatic carbocycles. The summed E-state index contributed by atoms with van der Waals surface area (Å²) in [7, 11) is 3.25. The molecule has 0 saturated heterocycles. The van der Waals surface area contributed by atoms with Gasteiger partial charge in [0.2, 0.25) is 0 Å². The van der Waals surface area contributed by atoms with E-state index in [9.17, 15) is 5.11 Å². The van der Waals surface area contributed by atoms with Crippen molar-refractivity contribution in [1.82, 2.24) is 4.90 Å². The minimum absolute atomic E-state index is 0.485. The fourth-order valence-electron chi connectivity index (χ4n) is 3.07. The number of nitrogens with zero attached hydrogens (tertiary/aromatic N) is 1. The Hall–Kier alpha value is -2.76. The van der Waals surface area contributed by atoms with Crippen LogP contribution < -0.4 is 9.47 Å². The van der Waals surface area contributed by atoms with Gasteiger partial charge in [-0.2, -0.15) is 0 Å². The molecule has 1 N–H and O–H groups in total. The Bertz CT molecular complexity index is 818. The molecule has 27 heavy (non-hydrogen) atoms. The molecule has 0 aliphatic carbocycles. The number of hydrogen-bond acceptors (Lipinski definition) is 5. The van der Waals surface area contributed by atoms with E-state index in [1.165, 1.54) is 0 Å². The van der Waals surface area contributed by atoms with Gasteiger partial charge >= 0.3 is 0 Å². The maximum Gasteiger partial charge on any atom is 0.161 e. The summed E-state index contributed by atoms with van der Waals surface area (Å²) >= 11 is 0. The molecule has 0 aliphatic rings. The predicted octanol–water partition coefficient (Wildman–Crippen LogP) is 4.03. The molecule has 1 heterocycles. The van der Waals surface area contributed by atoms with Gasteiger partial charge in [-0.25, -0.2) is 0 Å². The van der Waals surface area contributed by atoms with Gasteiger partial charge in [-0.05, 0) is 35.4 Å². The minimum Gasteiger partial charge on any atom is -0.493 e. The van der Waals surface area contributed by atoms with Crippen LogP contribution in [0.5, 0.6) is 11.5 Å². The average Bonchev–Trinajstić information content (AvgIpc) is 3.21. The maximum atomic E-state index is 10.7. The van der Waals surface area contributed by atoms with Crippen LogP contribution in [0.15, 0.2) is 71.3 Å². The zero-order chi connectivity index (χ0) is 19.1. The van der Waals surface area contributed by atoms with Crippen molar-refractivity contribution in [3.63, 3.8) is 0 Å². The molecule has 0 fully saturated rings. The molecule has 0 bridgehead atoms. The van der Waals surface area contributed by atoms with Crippen LogP contribution in [0.1, 0.15) is 23.0 Å². The lowest BCUT2D eigenvalue weighted by Gasteiger charge is -2.25. The van der Waals surface area contributed by atoms with Crippen molar-refractivity contribution in [2.24, 2.45) is 0 Å². The minimum atomic E-state index is -0.582. The van der Waals surface area contributed by atoms with Gasteiger partial charge in [0.15, 0.2) is 11.5 Å². The summed E-state index contributed by atoms with van der Waals surface area (Å²) in [5.74, 6) is 2.25. The quantitative estimate of drug-likeness (QED) is 0.619. The summed E-state index contributed by atoms with van der Waals surface area (Å²) in [6.07, 6.45) is 1.08. The summed E-state index contributed by atoms with van der Waals surface area (Å²) in [6.45, 7) is 1.73. The molecule has 0 aliphatic heterocycles. The van der Waals surface area contributed by atoms with Crippen molar-refractivity contribution < 1.29 is 19.0 Å². The number of benzene rings is 2. The standard InChI is InChI=1S/C22H25NO4/c1-25-21-11-10-17(13-22(21)26-2)14-23(15-19-9-6-12-27-19)16-20(24)18-7-4-3-5-8-18/h3-13,20,24H,14-16H2,1-2H3. The molecule has 142 valence electrons. The summed E-state index contributed by atoms with van der Waals surface area (Å²) < 4.78 is 16.2. The first-order valence-electron chi connectivity index (χ1n) is 8.88. The van der Waals surface area contributed by atoms with Crippen molar-refractivity contribution in [1.29, 1.82) is 0 Å². The fourth-order valence-corrected chi connectivity index (χ4v) is 3.07. The highest BCUT2D eigenvalue weighted by Gasteiger charge is 2.16. The number of hydrogen-bond donors (Lipinski definition) is 1. The van der Waals surface area contributed by atoms with Gasteiger partial charge in [0.05, 0.1) is 33.1 Å². The Balaban J connectivity index is 1.77. The number of ether oxygens (including phenoxy) is 2. The lowest BCUT2D eigenvalue weighted by atomic mass is 10.1. The molecule has 1 unspecified atom stereocenters. The van der Waals surface area contributed by atoms with Gasteiger partial charge in [-0.1, -0.05) is 36.4 Å². The average molecular weight is 367 g/mol. The smallest absolute Gasteiger partial charge is 0.161 e. The first-order chi connectivity index (χ1) is 13.2. The highest BCUT2D eigenvalue weighted by Crippen LogP contribution is 2.28. The van der Waals surface area contributed by atoms with Crippen LogP contribution >= 0.6 is 0 Å². The number of aliphatic hydroxyl groups excluding tert-OH is 1. The van der Waals surface area contributed by atoms with Gasteiger partial charge in [0.25, 0.3) is 0 Å². The van der Waals surface area contributed by atoms with Crippen LogP contribution in [0, 0.1) is 0 Å². The van der Waals surface area contributed by atoms with E-state index in [4.69, 9.17) is 13.9 Å². The second-order valence-electron chi connectivity index (χ2n) is 6.36. The van der Waals surface area contributed by atoms with E-state index < -0.39 is 6.10 Å². The van der Waals surface area contributed by atoms with E-state index in [-0.39, 0.29) is 0 Å². The van der Waals surface area contributed by atoms with E-state index in [1.807, 2.05) is 60.7 Å². The highest BCUT2D eigenvalue weighted by atomic mass is 16.5. The van der Waals surface area contributed by atoms with E-state index in [0.717, 1.165) is 16.9 Å². The first kappa shape index (κ1) is 19.0. The molecular formula is C22H25NO4. The first-order valence-corrected chi connectivity index (χ1v) is 8.88. The third-order valence-corrected chi connectivity index (χ3v) is 4.43. The van der Waals surface area contributed by atoms with Crippen LogP contribution in [0.4, 0.5) is 0 Å². The lowest BCUT2D eigenvalue weighted by Crippen LogP contribution is -2.28. The fraction of sp³-hybridized carbons (Fsp3) is 0.273. The molecule has 5 heteroatoms. The number of rotatable bonds is 9. The second kappa shape index (κ2) is 9.26. The Morgan fingerprint density at radius 2 is 1.70 bits per heavy atom. The normalized spacial score (nSPS) is 12.1. The zero-order valence-electron chi connectivity index (χ0n) is 15.7. The van der Waals surface area contributed by atoms with Gasteiger partial charge in [-0.15, -0.1) is 0 Å². The van der Waals surface area contributed by atoms with Crippen LogP contribution in [-0.4, -0.2) is 30.8 Å². The SMILES string of the molecule is COc1ccc(CN(Cc2ccco2)CC(O)c2ccccc2)cc1OC. The van der Waals surface area contributed by atoms with Crippen molar-refractivity contribution in [3.8, 4) is 11.5 Å². The summed E-state index contributed by atoms with van der Waals surface area (Å²) in [5, 5.41) is 10.7. The summed E-state index contributed by atoms with van der Waals surface area (Å²) in [6, 6.07) is 19.4. The molecular weight excluding hydrogens is 342 g/mol. The van der Waals surface area contributed by atoms with E-state index in [0.29, 0.717) is 31.1 Å². The van der Waals surface area contributed by atoms with Gasteiger partial charge in [-0.3, -0.25) is 4.90 Å². The maximum absolute atomic E-state index is 10.7. The zero-order valence-corrected chi connectivity index (χ0v) is 15.7. The third-order valence-electron chi connectivity index (χ3n) is 4.43. The number of aliphatic hydroxyl groups is 1. The van der Waals surface area contributed by atoms with Crippen molar-refractivity contribution in [2.45, 2.75) is 19.2 Å². The van der Waals surface area contributed by atoms with Gasteiger partial charge in [0, 0.05) is 13.1 Å². The Kier molecular flexibility index (Phi) is 6.52. The van der Waals surface area contributed by atoms with E-state index in [2.05, 4.69) is 4.90 Å². The monoisotopic (exact) mass is 367 g/mol. The van der Waals surface area contributed by atoms with Crippen molar-refractivity contribution in [2.75, 3.05) is 20.8 Å². The summed E-state index contributed by atoms with van der Waals surface area (Å²) in [4.78, 5) is 2.15. The predicted molar refractivity (Wildman–Crippen MR) is 104 cm³/mol. The second-order valence-corrected chi connectivity index (χ2v) is 6.36. The van der Waals surface area contributed by atoms with Gasteiger partial charge < -0.3 is 19.0 Å². The summed E-state index contributed by atoms with van der Waals surface area (Å²) in [5.41, 5.74) is 1.97. The highest BCUT2D eigenvalue weighted by molar-refractivity contribution is 5.42. The van der Waals surface area contributed by atoms with Crippen molar-refractivity contribution in [3.05, 3.63) is 83.8 Å². The largest absolute Gasteiger partial charge is 0.493 e. The van der Waals surface area contributed by atoms with E-state index in [1.54, 1.807) is 20.5 Å². The van der Waals surface area contributed by atoms with Gasteiger partial charge in [0.1, 0.15) is 5.76 Å². The van der Waals surface area contributed by atoms with Crippen LogP contribution in [-0.2, 0) is 13.1 Å². The Labute approximate surface area is 159 Å². The van der Waals surface area contributed by atoms with Crippen LogP contribution in [0.25, 0.3) is 0 Å². The molecule has 0 spiro atoms. The molecule has 1 atom stereocenters. The molecule has 3 rings (SSSR count). The molecule has 3 aromatic rings. The molecule has 5 nitrogen and oxygen atoms in total. The topological polar surface area (TPSA) is 55.1 Å². The molecule has 0 radical (unpaired) electrons. The Morgan fingerprint density at radius 3 is 2.37 bits per heavy atom. The van der Waals surface area contributed by atoms with Crippen LogP contribution in [0.3, 0.4) is 0 Å². The Morgan fingerprint density at radius 1 is 0.926 bits per heavy atom. The van der Waals surface area contributed by atoms with Crippen molar-refractivity contribution >= 4 is 0 Å². The molecule has 1 aromatic heterocycles. The number of methoxy groups -OCH3 is 2. The molecule has 0 saturated carbocycles.